The molecule has 0 saturated carbocycles. The largest absolute Gasteiger partial charge is 0.298 e. The normalized spacial score (nSPS) is 8.10. The Morgan fingerprint density at radius 2 is 1.10 bits per heavy atom. The lowest BCUT2D eigenvalue weighted by molar-refractivity contribution is 0.111. The first kappa shape index (κ1) is 20.0. The molecule has 2 aromatic carbocycles. The van der Waals surface area contributed by atoms with Gasteiger partial charge in [-0.25, -0.2) is 4.39 Å². The molecule has 0 radical (unpaired) electrons. The zero-order valence-corrected chi connectivity index (χ0v) is 9.97. The summed E-state index contributed by atoms with van der Waals surface area (Å²) < 4.78 is 12.1. The van der Waals surface area contributed by atoms with Crippen LogP contribution in [0.1, 0.15) is 41.1 Å². The van der Waals surface area contributed by atoms with Crippen molar-refractivity contribution in [3.8, 4) is 0 Å². The molecule has 3 heteroatoms. The second-order valence-corrected chi connectivity index (χ2v) is 3.70. The Morgan fingerprint density at radius 1 is 0.750 bits per heavy atom. The minimum atomic E-state index is -0.319. The summed E-state index contributed by atoms with van der Waals surface area (Å²) in [6, 6.07) is 12.8. The quantitative estimate of drug-likeness (QED) is 0.744. The van der Waals surface area contributed by atoms with Crippen LogP contribution in [0.5, 0.6) is 0 Å². The lowest BCUT2D eigenvalue weighted by Crippen LogP contribution is -1.77. The van der Waals surface area contributed by atoms with Crippen molar-refractivity contribution in [2.45, 2.75) is 21.8 Å². The van der Waals surface area contributed by atoms with Gasteiger partial charge in [-0.15, -0.1) is 0 Å². The van der Waals surface area contributed by atoms with Crippen molar-refractivity contribution in [2.24, 2.45) is 0 Å². The average molecular weight is 276 g/mol. The fraction of sp³-hybridized carbons (Fsp3) is 0.176. The number of carbonyl (C=O) groups is 2. The molecule has 0 spiro atoms. The highest BCUT2D eigenvalue weighted by Gasteiger charge is 1.88. The van der Waals surface area contributed by atoms with Crippen molar-refractivity contribution < 1.29 is 14.0 Å². The standard InChI is InChI=1S/C8H8O.C7H5FO.2CH4/c1-7-2-4-8(6-9)5-3-7;8-7-3-1-6(5-9)2-4-7;;/h2-6H,1H3;1-5H;2*1H4. The van der Waals surface area contributed by atoms with Crippen LogP contribution >= 0.6 is 0 Å². The van der Waals surface area contributed by atoms with Gasteiger partial charge >= 0.3 is 0 Å². The number of rotatable bonds is 2. The molecular formula is C17H21FO2. The molecule has 2 aromatic rings. The van der Waals surface area contributed by atoms with E-state index in [1.54, 1.807) is 0 Å². The molecule has 108 valence electrons. The summed E-state index contributed by atoms with van der Waals surface area (Å²) in [5.41, 5.74) is 2.41. The summed E-state index contributed by atoms with van der Waals surface area (Å²) in [6.07, 6.45) is 1.53. The molecule has 0 N–H and O–H groups in total. The van der Waals surface area contributed by atoms with E-state index in [0.29, 0.717) is 11.8 Å². The van der Waals surface area contributed by atoms with Gasteiger partial charge in [0.15, 0.2) is 0 Å². The van der Waals surface area contributed by atoms with Crippen LogP contribution in [0.3, 0.4) is 0 Å². The topological polar surface area (TPSA) is 34.1 Å². The van der Waals surface area contributed by atoms with Crippen LogP contribution in [0.2, 0.25) is 0 Å². The maximum absolute atomic E-state index is 12.1. The van der Waals surface area contributed by atoms with Gasteiger partial charge in [0, 0.05) is 11.1 Å². The monoisotopic (exact) mass is 276 g/mol. The zero-order chi connectivity index (χ0) is 13.4. The van der Waals surface area contributed by atoms with Crippen molar-refractivity contribution in [1.29, 1.82) is 0 Å². The highest BCUT2D eigenvalue weighted by Crippen LogP contribution is 1.99. The molecule has 0 bridgehead atoms. The predicted molar refractivity (Wildman–Crippen MR) is 81.8 cm³/mol. The van der Waals surface area contributed by atoms with Gasteiger partial charge < -0.3 is 0 Å². The van der Waals surface area contributed by atoms with E-state index in [1.807, 2.05) is 31.2 Å². The molecule has 0 aliphatic heterocycles. The summed E-state index contributed by atoms with van der Waals surface area (Å²) in [5, 5.41) is 0. The van der Waals surface area contributed by atoms with Crippen molar-refractivity contribution in [1.82, 2.24) is 0 Å². The maximum Gasteiger partial charge on any atom is 0.150 e. The van der Waals surface area contributed by atoms with Crippen molar-refractivity contribution in [3.63, 3.8) is 0 Å². The van der Waals surface area contributed by atoms with Gasteiger partial charge in [0.25, 0.3) is 0 Å². The zero-order valence-electron chi connectivity index (χ0n) is 9.97. The minimum absolute atomic E-state index is 0. The molecule has 2 nitrogen and oxygen atoms in total. The van der Waals surface area contributed by atoms with Crippen LogP contribution in [0.15, 0.2) is 48.5 Å². The molecule has 0 aliphatic rings. The first-order valence-electron chi connectivity index (χ1n) is 5.38. The Bertz CT molecular complexity index is 452. The fourth-order valence-electron chi connectivity index (χ4n) is 1.19. The summed E-state index contributed by atoms with van der Waals surface area (Å²) >= 11 is 0. The maximum atomic E-state index is 12.1. The number of hydrogen-bond donors (Lipinski definition) is 0. The molecule has 0 aromatic heterocycles. The second kappa shape index (κ2) is 10.6. The highest BCUT2D eigenvalue weighted by molar-refractivity contribution is 5.74. The van der Waals surface area contributed by atoms with E-state index in [-0.39, 0.29) is 20.7 Å². The lowest BCUT2D eigenvalue weighted by Gasteiger charge is -1.89. The molecule has 2 rings (SSSR count). The Balaban J connectivity index is 0. The number of aldehydes is 2. The third-order valence-electron chi connectivity index (χ3n) is 2.22. The highest BCUT2D eigenvalue weighted by atomic mass is 19.1. The van der Waals surface area contributed by atoms with Gasteiger partial charge in [-0.05, 0) is 31.2 Å². The van der Waals surface area contributed by atoms with Gasteiger partial charge in [0.2, 0.25) is 0 Å². The summed E-state index contributed by atoms with van der Waals surface area (Å²) in [6.45, 7) is 1.99. The summed E-state index contributed by atoms with van der Waals surface area (Å²) in [7, 11) is 0. The molecule has 0 aliphatic carbocycles. The Labute approximate surface area is 120 Å². The number of carbonyl (C=O) groups excluding carboxylic acids is 2. The summed E-state index contributed by atoms with van der Waals surface area (Å²) in [4.78, 5) is 20.1. The molecule has 0 amide bonds. The van der Waals surface area contributed by atoms with Gasteiger partial charge in [-0.1, -0.05) is 44.7 Å². The fourth-order valence-corrected chi connectivity index (χ4v) is 1.19. The van der Waals surface area contributed by atoms with Crippen molar-refractivity contribution in [2.75, 3.05) is 0 Å². The van der Waals surface area contributed by atoms with E-state index in [1.165, 1.54) is 29.8 Å². The van der Waals surface area contributed by atoms with Crippen LogP contribution in [0.4, 0.5) is 4.39 Å². The van der Waals surface area contributed by atoms with Crippen molar-refractivity contribution in [3.05, 3.63) is 71.0 Å². The number of aryl methyl sites for hydroxylation is 1. The van der Waals surface area contributed by atoms with E-state index in [2.05, 4.69) is 0 Å². The number of benzene rings is 2. The van der Waals surface area contributed by atoms with E-state index >= 15 is 0 Å². The van der Waals surface area contributed by atoms with Crippen molar-refractivity contribution >= 4 is 12.6 Å². The third kappa shape index (κ3) is 7.21. The number of hydrogen-bond acceptors (Lipinski definition) is 2. The van der Waals surface area contributed by atoms with Gasteiger partial charge in [-0.2, -0.15) is 0 Å². The molecule has 0 fully saturated rings. The van der Waals surface area contributed by atoms with Gasteiger partial charge in [0.05, 0.1) is 0 Å². The molecule has 0 heterocycles. The Kier molecular flexibility index (Phi) is 10.6. The van der Waals surface area contributed by atoms with E-state index in [4.69, 9.17) is 0 Å². The van der Waals surface area contributed by atoms with Gasteiger partial charge in [-0.3, -0.25) is 9.59 Å². The molecule has 20 heavy (non-hydrogen) atoms. The van der Waals surface area contributed by atoms with E-state index in [9.17, 15) is 14.0 Å². The third-order valence-corrected chi connectivity index (χ3v) is 2.22. The van der Waals surface area contributed by atoms with Crippen LogP contribution in [-0.4, -0.2) is 12.6 Å². The van der Waals surface area contributed by atoms with Crippen LogP contribution in [-0.2, 0) is 0 Å². The predicted octanol–water partition coefficient (Wildman–Crippen LogP) is 4.72. The lowest BCUT2D eigenvalue weighted by atomic mass is 10.2. The first-order valence-corrected chi connectivity index (χ1v) is 5.38. The minimum Gasteiger partial charge on any atom is -0.298 e. The molecule has 0 atom stereocenters. The van der Waals surface area contributed by atoms with Gasteiger partial charge in [0.1, 0.15) is 18.4 Å². The Morgan fingerprint density at radius 3 is 1.45 bits per heavy atom. The summed E-state index contributed by atoms with van der Waals surface area (Å²) in [5.74, 6) is -0.319. The Hall–Kier alpha value is -2.29. The van der Waals surface area contributed by atoms with E-state index < -0.39 is 0 Å². The molecule has 0 saturated heterocycles. The first-order chi connectivity index (χ1) is 8.65. The smallest absolute Gasteiger partial charge is 0.150 e. The molecule has 0 unspecified atom stereocenters. The average Bonchev–Trinajstić information content (AvgIpc) is 2.41. The SMILES string of the molecule is C.C.Cc1ccc(C=O)cc1.O=Cc1ccc(F)cc1. The van der Waals surface area contributed by atoms with Crippen LogP contribution in [0, 0.1) is 12.7 Å². The molecular weight excluding hydrogens is 255 g/mol. The second-order valence-electron chi connectivity index (χ2n) is 3.70. The van der Waals surface area contributed by atoms with Crippen LogP contribution < -0.4 is 0 Å². The van der Waals surface area contributed by atoms with Crippen LogP contribution in [0.25, 0.3) is 0 Å². The van der Waals surface area contributed by atoms with E-state index in [0.717, 1.165) is 11.8 Å². The number of halogens is 1.